The zero-order valence-electron chi connectivity index (χ0n) is 9.09. The first-order valence-corrected chi connectivity index (χ1v) is 5.08. The van der Waals surface area contributed by atoms with Crippen molar-refractivity contribution >= 4 is 12.0 Å². The Balaban J connectivity index is 2.08. The monoisotopic (exact) mass is 215 g/mol. The van der Waals surface area contributed by atoms with E-state index >= 15 is 0 Å². The molecule has 0 saturated heterocycles. The van der Waals surface area contributed by atoms with Gasteiger partial charge < -0.3 is 9.32 Å². The molecule has 0 aliphatic rings. The second kappa shape index (κ2) is 4.66. The summed E-state index contributed by atoms with van der Waals surface area (Å²) in [5, 5.41) is 0. The van der Waals surface area contributed by atoms with Crippen LogP contribution in [0.4, 0.5) is 5.69 Å². The van der Waals surface area contributed by atoms with Crippen LogP contribution >= 0.6 is 0 Å². The lowest BCUT2D eigenvalue weighted by atomic mass is 10.2. The van der Waals surface area contributed by atoms with E-state index in [9.17, 15) is 4.79 Å². The highest BCUT2D eigenvalue weighted by Crippen LogP contribution is 2.15. The van der Waals surface area contributed by atoms with Crippen molar-refractivity contribution < 1.29 is 9.21 Å². The van der Waals surface area contributed by atoms with E-state index in [0.29, 0.717) is 12.1 Å². The normalized spacial score (nSPS) is 10.1. The molecule has 0 N–H and O–H groups in total. The van der Waals surface area contributed by atoms with Crippen LogP contribution in [0.25, 0.3) is 0 Å². The van der Waals surface area contributed by atoms with Crippen molar-refractivity contribution in [1.29, 1.82) is 0 Å². The first-order valence-electron chi connectivity index (χ1n) is 5.08. The number of aldehydes is 1. The molecule has 16 heavy (non-hydrogen) atoms. The lowest BCUT2D eigenvalue weighted by Gasteiger charge is -2.17. The van der Waals surface area contributed by atoms with Crippen LogP contribution in [0.15, 0.2) is 47.1 Å². The van der Waals surface area contributed by atoms with Crippen LogP contribution in [0.1, 0.15) is 16.1 Å². The van der Waals surface area contributed by atoms with Crippen molar-refractivity contribution in [3.63, 3.8) is 0 Å². The largest absolute Gasteiger partial charge is 0.467 e. The van der Waals surface area contributed by atoms with Gasteiger partial charge in [-0.05, 0) is 36.4 Å². The highest BCUT2D eigenvalue weighted by Gasteiger charge is 2.03. The molecule has 2 rings (SSSR count). The molecular weight excluding hydrogens is 202 g/mol. The SMILES string of the molecule is CN(Cc1ccco1)c1ccc(C=O)cc1. The van der Waals surface area contributed by atoms with Gasteiger partial charge >= 0.3 is 0 Å². The average Bonchev–Trinajstić information content (AvgIpc) is 2.82. The Labute approximate surface area is 94.3 Å². The summed E-state index contributed by atoms with van der Waals surface area (Å²) < 4.78 is 5.27. The number of carbonyl (C=O) groups is 1. The number of nitrogens with zero attached hydrogens (tertiary/aromatic N) is 1. The molecule has 0 aliphatic heterocycles. The predicted octanol–water partition coefficient (Wildman–Crippen LogP) is 2.73. The molecule has 3 heteroatoms. The van der Waals surface area contributed by atoms with Gasteiger partial charge in [-0.1, -0.05) is 0 Å². The fraction of sp³-hybridized carbons (Fsp3) is 0.154. The van der Waals surface area contributed by atoms with Crippen molar-refractivity contribution in [1.82, 2.24) is 0 Å². The van der Waals surface area contributed by atoms with E-state index in [2.05, 4.69) is 4.90 Å². The number of furan rings is 1. The summed E-state index contributed by atoms with van der Waals surface area (Å²) in [5.41, 5.74) is 1.75. The average molecular weight is 215 g/mol. The highest BCUT2D eigenvalue weighted by atomic mass is 16.3. The Hall–Kier alpha value is -2.03. The summed E-state index contributed by atoms with van der Waals surface area (Å²) >= 11 is 0. The Bertz CT molecular complexity index is 445. The van der Waals surface area contributed by atoms with Gasteiger partial charge in [0, 0.05) is 18.3 Å². The van der Waals surface area contributed by atoms with Crippen LogP contribution in [-0.2, 0) is 6.54 Å². The van der Waals surface area contributed by atoms with Crippen molar-refractivity contribution in [3.8, 4) is 0 Å². The molecule has 0 unspecified atom stereocenters. The van der Waals surface area contributed by atoms with E-state index in [1.807, 2.05) is 31.3 Å². The molecule has 1 aromatic carbocycles. The smallest absolute Gasteiger partial charge is 0.150 e. The minimum absolute atomic E-state index is 0.690. The Morgan fingerprint density at radius 3 is 2.56 bits per heavy atom. The Kier molecular flexibility index (Phi) is 3.05. The van der Waals surface area contributed by atoms with E-state index in [4.69, 9.17) is 4.42 Å². The van der Waals surface area contributed by atoms with E-state index in [0.717, 1.165) is 17.7 Å². The van der Waals surface area contributed by atoms with Crippen LogP contribution in [0.3, 0.4) is 0 Å². The molecule has 0 aliphatic carbocycles. The van der Waals surface area contributed by atoms with Gasteiger partial charge in [0.1, 0.15) is 12.0 Å². The fourth-order valence-electron chi connectivity index (χ4n) is 1.53. The van der Waals surface area contributed by atoms with Crippen molar-refractivity contribution in [3.05, 3.63) is 54.0 Å². The maximum absolute atomic E-state index is 10.5. The zero-order chi connectivity index (χ0) is 11.4. The first kappa shape index (κ1) is 10.5. The minimum Gasteiger partial charge on any atom is -0.467 e. The Morgan fingerprint density at radius 2 is 2.00 bits per heavy atom. The van der Waals surface area contributed by atoms with Crippen molar-refractivity contribution in [2.24, 2.45) is 0 Å². The molecular formula is C13H13NO2. The van der Waals surface area contributed by atoms with E-state index in [1.54, 1.807) is 18.4 Å². The van der Waals surface area contributed by atoms with Gasteiger partial charge in [0.05, 0.1) is 12.8 Å². The fourth-order valence-corrected chi connectivity index (χ4v) is 1.53. The number of hydrogen-bond donors (Lipinski definition) is 0. The van der Waals surface area contributed by atoms with Gasteiger partial charge in [-0.15, -0.1) is 0 Å². The molecule has 0 fully saturated rings. The van der Waals surface area contributed by atoms with Crippen LogP contribution in [0.2, 0.25) is 0 Å². The van der Waals surface area contributed by atoms with E-state index in [-0.39, 0.29) is 0 Å². The van der Waals surface area contributed by atoms with Crippen LogP contribution in [0, 0.1) is 0 Å². The lowest BCUT2D eigenvalue weighted by Crippen LogP contribution is -2.15. The maximum Gasteiger partial charge on any atom is 0.150 e. The maximum atomic E-state index is 10.5. The van der Waals surface area contributed by atoms with Gasteiger partial charge in [-0.25, -0.2) is 0 Å². The standard InChI is InChI=1S/C13H13NO2/c1-14(9-13-3-2-8-16-13)12-6-4-11(10-15)5-7-12/h2-8,10H,9H2,1H3. The molecule has 0 saturated carbocycles. The van der Waals surface area contributed by atoms with E-state index < -0.39 is 0 Å². The number of benzene rings is 1. The molecule has 1 aromatic heterocycles. The molecule has 0 atom stereocenters. The molecule has 82 valence electrons. The van der Waals surface area contributed by atoms with Gasteiger partial charge in [0.25, 0.3) is 0 Å². The van der Waals surface area contributed by atoms with Crippen LogP contribution < -0.4 is 4.90 Å². The third-order valence-electron chi connectivity index (χ3n) is 2.44. The molecule has 0 amide bonds. The van der Waals surface area contributed by atoms with Crippen molar-refractivity contribution in [2.45, 2.75) is 6.54 Å². The van der Waals surface area contributed by atoms with Crippen LogP contribution in [-0.4, -0.2) is 13.3 Å². The molecule has 2 aromatic rings. The number of anilines is 1. The third-order valence-corrected chi connectivity index (χ3v) is 2.44. The van der Waals surface area contributed by atoms with Gasteiger partial charge in [-0.2, -0.15) is 0 Å². The number of carbonyl (C=O) groups excluding carboxylic acids is 1. The topological polar surface area (TPSA) is 33.5 Å². The molecule has 0 bridgehead atoms. The van der Waals surface area contributed by atoms with Gasteiger partial charge in [0.2, 0.25) is 0 Å². The molecule has 1 heterocycles. The number of hydrogen-bond acceptors (Lipinski definition) is 3. The molecule has 0 radical (unpaired) electrons. The summed E-state index contributed by atoms with van der Waals surface area (Å²) in [6, 6.07) is 11.3. The minimum atomic E-state index is 0.690. The predicted molar refractivity (Wildman–Crippen MR) is 62.6 cm³/mol. The molecule has 0 spiro atoms. The molecule has 3 nitrogen and oxygen atoms in total. The summed E-state index contributed by atoms with van der Waals surface area (Å²) in [7, 11) is 1.98. The zero-order valence-corrected chi connectivity index (χ0v) is 9.09. The van der Waals surface area contributed by atoms with E-state index in [1.165, 1.54) is 0 Å². The first-order chi connectivity index (χ1) is 7.79. The van der Waals surface area contributed by atoms with Crippen LogP contribution in [0.5, 0.6) is 0 Å². The summed E-state index contributed by atoms with van der Waals surface area (Å²) in [6.45, 7) is 0.716. The highest BCUT2D eigenvalue weighted by molar-refractivity contribution is 5.75. The Morgan fingerprint density at radius 1 is 1.25 bits per heavy atom. The third kappa shape index (κ3) is 2.31. The van der Waals surface area contributed by atoms with Gasteiger partial charge in [-0.3, -0.25) is 4.79 Å². The van der Waals surface area contributed by atoms with Gasteiger partial charge in [0.15, 0.2) is 0 Å². The number of rotatable bonds is 4. The lowest BCUT2D eigenvalue weighted by molar-refractivity contribution is 0.112. The van der Waals surface area contributed by atoms with Crippen molar-refractivity contribution in [2.75, 3.05) is 11.9 Å². The summed E-state index contributed by atoms with van der Waals surface area (Å²) in [4.78, 5) is 12.6. The second-order valence-electron chi connectivity index (χ2n) is 3.64. The quantitative estimate of drug-likeness (QED) is 0.735. The second-order valence-corrected chi connectivity index (χ2v) is 3.64. The summed E-state index contributed by atoms with van der Waals surface area (Å²) in [6.07, 6.45) is 2.51. The summed E-state index contributed by atoms with van der Waals surface area (Å²) in [5.74, 6) is 0.918.